The van der Waals surface area contributed by atoms with Crippen LogP contribution in [0.15, 0.2) is 0 Å². The van der Waals surface area contributed by atoms with Crippen LogP contribution < -0.4 is 5.90 Å². The van der Waals surface area contributed by atoms with Gasteiger partial charge in [0.1, 0.15) is 0 Å². The van der Waals surface area contributed by atoms with Gasteiger partial charge in [0, 0.05) is 6.42 Å². The van der Waals surface area contributed by atoms with Crippen molar-refractivity contribution in [3.63, 3.8) is 0 Å². The summed E-state index contributed by atoms with van der Waals surface area (Å²) in [5, 5.41) is 8.03. The number of aliphatic carboxylic acids is 1. The summed E-state index contributed by atoms with van der Waals surface area (Å²) in [5.41, 5.74) is 0. The number of hydrogen-bond donors (Lipinski definition) is 2. The largest absolute Gasteiger partial charge is 0.476 e. The molecule has 0 aromatic rings. The van der Waals surface area contributed by atoms with Gasteiger partial charge in [0.2, 0.25) is 5.78 Å². The van der Waals surface area contributed by atoms with Gasteiger partial charge in [-0.15, -0.1) is 0 Å². The van der Waals surface area contributed by atoms with E-state index in [1.54, 1.807) is 0 Å². The minimum Gasteiger partial charge on any atom is -0.476 e. The van der Waals surface area contributed by atoms with Crippen LogP contribution in [0.25, 0.3) is 0 Å². The summed E-state index contributed by atoms with van der Waals surface area (Å²) in [7, 11) is 0. The third-order valence-corrected chi connectivity index (χ3v) is 0.926. The smallest absolute Gasteiger partial charge is 0.372 e. The minimum absolute atomic E-state index is 0.304. The zero-order valence-corrected chi connectivity index (χ0v) is 5.57. The van der Waals surface area contributed by atoms with E-state index in [9.17, 15) is 14.4 Å². The lowest BCUT2D eigenvalue weighted by molar-refractivity contribution is -0.150. The van der Waals surface area contributed by atoms with E-state index in [2.05, 4.69) is 10.7 Å². The Labute approximate surface area is 61.9 Å². The third-order valence-electron chi connectivity index (χ3n) is 0.926. The zero-order valence-electron chi connectivity index (χ0n) is 5.57. The number of Topliss-reactive ketones (excluding diaryl/α,β-unsaturated/α-hetero) is 1. The van der Waals surface area contributed by atoms with Crippen molar-refractivity contribution in [3.05, 3.63) is 0 Å². The summed E-state index contributed by atoms with van der Waals surface area (Å²) in [4.78, 5) is 34.1. The van der Waals surface area contributed by atoms with Gasteiger partial charge in [0.15, 0.2) is 0 Å². The fraction of sp³-hybridized carbons (Fsp3) is 0.400. The quantitative estimate of drug-likeness (QED) is 0.397. The second kappa shape index (κ2) is 4.40. The second-order valence-electron chi connectivity index (χ2n) is 1.72. The number of carboxylic acids is 1. The number of rotatable bonds is 4. The van der Waals surface area contributed by atoms with E-state index in [1.807, 2.05) is 0 Å². The van der Waals surface area contributed by atoms with Crippen LogP contribution in [0.1, 0.15) is 12.8 Å². The molecule has 6 heteroatoms. The molecule has 11 heavy (non-hydrogen) atoms. The predicted molar refractivity (Wildman–Crippen MR) is 32.2 cm³/mol. The molecule has 0 aromatic heterocycles. The molecule has 3 N–H and O–H groups in total. The van der Waals surface area contributed by atoms with E-state index >= 15 is 0 Å². The molecule has 0 aromatic carbocycles. The van der Waals surface area contributed by atoms with Crippen LogP contribution in [0.5, 0.6) is 0 Å². The first-order valence-corrected chi connectivity index (χ1v) is 2.73. The van der Waals surface area contributed by atoms with Crippen LogP contribution in [0.2, 0.25) is 0 Å². The molecule has 0 rings (SSSR count). The van der Waals surface area contributed by atoms with Gasteiger partial charge in [-0.1, -0.05) is 0 Å². The third kappa shape index (κ3) is 4.04. The van der Waals surface area contributed by atoms with Crippen LogP contribution in [-0.4, -0.2) is 22.8 Å². The van der Waals surface area contributed by atoms with Crippen molar-refractivity contribution < 1.29 is 24.3 Å². The molecular formula is C5H7NO5. The van der Waals surface area contributed by atoms with Gasteiger partial charge in [-0.3, -0.25) is 9.59 Å². The van der Waals surface area contributed by atoms with Gasteiger partial charge in [-0.05, 0) is 0 Å². The summed E-state index contributed by atoms with van der Waals surface area (Å²) >= 11 is 0. The standard InChI is InChI=1S/C5H7NO5/c6-11-4(8)2-1-3(7)5(9)10/h1-2,6H2,(H,9,10). The lowest BCUT2D eigenvalue weighted by Gasteiger charge is -1.93. The summed E-state index contributed by atoms with van der Waals surface area (Å²) < 4.78 is 0. The van der Waals surface area contributed by atoms with Crippen molar-refractivity contribution >= 4 is 17.7 Å². The molecule has 0 saturated heterocycles. The van der Waals surface area contributed by atoms with E-state index < -0.39 is 17.7 Å². The van der Waals surface area contributed by atoms with Gasteiger partial charge in [0.05, 0.1) is 6.42 Å². The Morgan fingerprint density at radius 2 is 1.82 bits per heavy atom. The molecule has 0 aliphatic carbocycles. The number of carbonyl (C=O) groups is 3. The highest BCUT2D eigenvalue weighted by Crippen LogP contribution is 1.92. The molecule has 0 fully saturated rings. The summed E-state index contributed by atoms with van der Waals surface area (Å²) in [6, 6.07) is 0. The molecule has 62 valence electrons. The molecule has 0 heterocycles. The molecular weight excluding hydrogens is 154 g/mol. The van der Waals surface area contributed by atoms with E-state index in [4.69, 9.17) is 5.11 Å². The van der Waals surface area contributed by atoms with Crippen LogP contribution in [-0.2, 0) is 19.2 Å². The monoisotopic (exact) mass is 161 g/mol. The Morgan fingerprint density at radius 3 is 2.18 bits per heavy atom. The predicted octanol–water partition coefficient (Wildman–Crippen LogP) is -1.16. The van der Waals surface area contributed by atoms with Crippen LogP contribution in [0, 0.1) is 0 Å². The van der Waals surface area contributed by atoms with E-state index in [0.29, 0.717) is 0 Å². The lowest BCUT2D eigenvalue weighted by Crippen LogP contribution is -2.16. The fourth-order valence-electron chi connectivity index (χ4n) is 0.381. The highest BCUT2D eigenvalue weighted by atomic mass is 16.7. The maximum atomic E-state index is 10.3. The number of ketones is 1. The van der Waals surface area contributed by atoms with Gasteiger partial charge in [-0.2, -0.15) is 5.90 Å². The highest BCUT2D eigenvalue weighted by Gasteiger charge is 2.13. The Morgan fingerprint density at radius 1 is 1.27 bits per heavy atom. The van der Waals surface area contributed by atoms with Gasteiger partial charge in [0.25, 0.3) is 0 Å². The molecule has 0 aliphatic heterocycles. The molecule has 0 aliphatic rings. The molecule has 0 atom stereocenters. The second-order valence-corrected chi connectivity index (χ2v) is 1.72. The number of hydrogen-bond acceptors (Lipinski definition) is 5. The molecule has 0 unspecified atom stereocenters. The van der Waals surface area contributed by atoms with Crippen molar-refractivity contribution in [3.8, 4) is 0 Å². The van der Waals surface area contributed by atoms with Gasteiger partial charge in [-0.25, -0.2) is 4.79 Å². The number of nitrogens with two attached hydrogens (primary N) is 1. The average Bonchev–Trinajstić information content (AvgIpc) is 1.99. The molecule has 0 saturated carbocycles. The summed E-state index contributed by atoms with van der Waals surface area (Å²) in [5.74, 6) is 1.03. The first-order chi connectivity index (χ1) is 5.07. The highest BCUT2D eigenvalue weighted by molar-refractivity contribution is 6.32. The Bertz CT molecular complexity index is 187. The lowest BCUT2D eigenvalue weighted by atomic mass is 10.2. The zero-order chi connectivity index (χ0) is 8.85. The Hall–Kier alpha value is -1.43. The van der Waals surface area contributed by atoms with Crippen molar-refractivity contribution in [2.24, 2.45) is 5.90 Å². The average molecular weight is 161 g/mol. The van der Waals surface area contributed by atoms with E-state index in [-0.39, 0.29) is 12.8 Å². The SMILES string of the molecule is NOC(=O)CCC(=O)C(=O)O. The van der Waals surface area contributed by atoms with Crippen molar-refractivity contribution in [2.45, 2.75) is 12.8 Å². The van der Waals surface area contributed by atoms with Crippen LogP contribution in [0.3, 0.4) is 0 Å². The summed E-state index contributed by atoms with van der Waals surface area (Å²) in [6.45, 7) is 0. The van der Waals surface area contributed by atoms with Crippen molar-refractivity contribution in [1.29, 1.82) is 0 Å². The van der Waals surface area contributed by atoms with Crippen molar-refractivity contribution in [2.75, 3.05) is 0 Å². The normalized spacial score (nSPS) is 8.82. The first-order valence-electron chi connectivity index (χ1n) is 2.73. The molecule has 0 amide bonds. The summed E-state index contributed by atoms with van der Waals surface area (Å²) in [6.07, 6.45) is -0.688. The van der Waals surface area contributed by atoms with Gasteiger partial charge >= 0.3 is 11.9 Å². The Balaban J connectivity index is 3.63. The van der Waals surface area contributed by atoms with Crippen LogP contribution in [0.4, 0.5) is 0 Å². The van der Waals surface area contributed by atoms with Gasteiger partial charge < -0.3 is 9.94 Å². The first kappa shape index (κ1) is 9.57. The molecule has 0 radical (unpaired) electrons. The topological polar surface area (TPSA) is 107 Å². The molecule has 0 bridgehead atoms. The van der Waals surface area contributed by atoms with E-state index in [1.165, 1.54) is 0 Å². The molecule has 6 nitrogen and oxygen atoms in total. The minimum atomic E-state index is -1.56. The maximum absolute atomic E-state index is 10.3. The van der Waals surface area contributed by atoms with E-state index in [0.717, 1.165) is 0 Å². The fourth-order valence-corrected chi connectivity index (χ4v) is 0.381. The number of carbonyl (C=O) groups excluding carboxylic acids is 2. The molecule has 0 spiro atoms. The van der Waals surface area contributed by atoms with Crippen LogP contribution >= 0.6 is 0 Å². The number of carboxylic acid groups (broad SMARTS) is 1. The maximum Gasteiger partial charge on any atom is 0.372 e. The van der Waals surface area contributed by atoms with Crippen molar-refractivity contribution in [1.82, 2.24) is 0 Å². The Kier molecular flexibility index (Phi) is 3.82.